The lowest BCUT2D eigenvalue weighted by molar-refractivity contribution is -0.133. The van der Waals surface area contributed by atoms with Crippen LogP contribution >= 0.6 is 23.2 Å². The molecule has 2 aromatic carbocycles. The van der Waals surface area contributed by atoms with Gasteiger partial charge in [0.25, 0.3) is 5.91 Å². The third-order valence-corrected chi connectivity index (χ3v) is 4.37. The number of esters is 1. The van der Waals surface area contributed by atoms with E-state index >= 15 is 0 Å². The zero-order chi connectivity index (χ0) is 18.6. The third-order valence-electron chi connectivity index (χ3n) is 3.81. The number of rotatable bonds is 5. The predicted molar refractivity (Wildman–Crippen MR) is 99.1 cm³/mol. The lowest BCUT2D eigenvalue weighted by Gasteiger charge is -2.19. The summed E-state index contributed by atoms with van der Waals surface area (Å²) >= 11 is 11.8. The highest BCUT2D eigenvalue weighted by atomic mass is 35.5. The van der Waals surface area contributed by atoms with Crippen LogP contribution in [0.5, 0.6) is 0 Å². The molecule has 1 amide bonds. The van der Waals surface area contributed by atoms with E-state index in [0.29, 0.717) is 11.6 Å². The zero-order valence-electron chi connectivity index (χ0n) is 14.3. The molecule has 0 fully saturated rings. The number of likely N-dealkylation sites (N-methyl/N-ethyl adjacent to an activating group) is 1. The van der Waals surface area contributed by atoms with Gasteiger partial charge < -0.3 is 9.64 Å². The number of ether oxygens (including phenoxy) is 1. The van der Waals surface area contributed by atoms with Crippen molar-refractivity contribution in [3.63, 3.8) is 0 Å². The van der Waals surface area contributed by atoms with E-state index in [0.717, 1.165) is 11.1 Å². The number of halogens is 2. The molecule has 25 heavy (non-hydrogen) atoms. The van der Waals surface area contributed by atoms with Crippen molar-refractivity contribution in [3.8, 4) is 0 Å². The van der Waals surface area contributed by atoms with Gasteiger partial charge in [-0.15, -0.1) is 0 Å². The number of carbonyl (C=O) groups is 2. The van der Waals surface area contributed by atoms with Gasteiger partial charge in [0.2, 0.25) is 0 Å². The highest BCUT2D eigenvalue weighted by Crippen LogP contribution is 2.21. The summed E-state index contributed by atoms with van der Waals surface area (Å²) in [6.07, 6.45) is 0. The zero-order valence-corrected chi connectivity index (χ0v) is 15.8. The van der Waals surface area contributed by atoms with Gasteiger partial charge in [-0.3, -0.25) is 4.79 Å². The van der Waals surface area contributed by atoms with Gasteiger partial charge in [0.1, 0.15) is 0 Å². The number of hydrogen-bond acceptors (Lipinski definition) is 3. The Morgan fingerprint density at radius 2 is 1.80 bits per heavy atom. The smallest absolute Gasteiger partial charge is 0.340 e. The molecule has 0 atom stereocenters. The van der Waals surface area contributed by atoms with Gasteiger partial charge in [-0.1, -0.05) is 47.0 Å². The van der Waals surface area contributed by atoms with Crippen LogP contribution < -0.4 is 0 Å². The molecule has 0 aliphatic rings. The fraction of sp³-hybridized carbons (Fsp3) is 0.263. The van der Waals surface area contributed by atoms with Crippen molar-refractivity contribution >= 4 is 35.1 Å². The summed E-state index contributed by atoms with van der Waals surface area (Å²) in [7, 11) is 1.67. The van der Waals surface area contributed by atoms with E-state index in [1.54, 1.807) is 13.1 Å². The standard InChI is InChI=1S/C19H19Cl2NO3/c1-12-4-5-14(13(2)8-12)10-22(3)18(23)11-25-19(24)16-9-15(20)6-7-17(16)21/h4-9H,10-11H2,1-3H3. The lowest BCUT2D eigenvalue weighted by Crippen LogP contribution is -2.31. The average molecular weight is 380 g/mol. The van der Waals surface area contributed by atoms with Crippen LogP contribution in [-0.2, 0) is 16.1 Å². The van der Waals surface area contributed by atoms with Crippen molar-refractivity contribution in [2.24, 2.45) is 0 Å². The normalized spacial score (nSPS) is 10.4. The Bertz CT molecular complexity index is 805. The van der Waals surface area contributed by atoms with Crippen molar-refractivity contribution in [2.45, 2.75) is 20.4 Å². The fourth-order valence-electron chi connectivity index (χ4n) is 2.34. The summed E-state index contributed by atoms with van der Waals surface area (Å²) in [5, 5.41) is 0.597. The van der Waals surface area contributed by atoms with Crippen LogP contribution in [0.25, 0.3) is 0 Å². The quantitative estimate of drug-likeness (QED) is 0.722. The van der Waals surface area contributed by atoms with Crippen molar-refractivity contribution < 1.29 is 14.3 Å². The molecule has 0 bridgehead atoms. The summed E-state index contributed by atoms with van der Waals surface area (Å²) < 4.78 is 5.06. The van der Waals surface area contributed by atoms with E-state index in [1.165, 1.54) is 22.6 Å². The summed E-state index contributed by atoms with van der Waals surface area (Å²) in [6.45, 7) is 4.11. The molecule has 0 aliphatic heterocycles. The molecule has 0 aliphatic carbocycles. The van der Waals surface area contributed by atoms with Gasteiger partial charge >= 0.3 is 5.97 Å². The Morgan fingerprint density at radius 1 is 1.08 bits per heavy atom. The molecular weight excluding hydrogens is 361 g/mol. The molecule has 0 saturated carbocycles. The Hall–Kier alpha value is -2.04. The first-order valence-corrected chi connectivity index (χ1v) is 8.46. The van der Waals surface area contributed by atoms with E-state index in [-0.39, 0.29) is 23.1 Å². The molecule has 0 N–H and O–H groups in total. The minimum atomic E-state index is -0.680. The molecule has 4 nitrogen and oxygen atoms in total. The fourth-order valence-corrected chi connectivity index (χ4v) is 2.70. The minimum Gasteiger partial charge on any atom is -0.452 e. The maximum absolute atomic E-state index is 12.2. The molecule has 0 aromatic heterocycles. The molecule has 0 saturated heterocycles. The van der Waals surface area contributed by atoms with Crippen LogP contribution in [0.1, 0.15) is 27.0 Å². The van der Waals surface area contributed by atoms with Gasteiger partial charge in [0.15, 0.2) is 6.61 Å². The van der Waals surface area contributed by atoms with Crippen LogP contribution in [0.3, 0.4) is 0 Å². The highest BCUT2D eigenvalue weighted by Gasteiger charge is 2.17. The van der Waals surface area contributed by atoms with Gasteiger partial charge in [-0.2, -0.15) is 0 Å². The first kappa shape index (κ1) is 19.3. The second-order valence-electron chi connectivity index (χ2n) is 5.88. The maximum atomic E-state index is 12.2. The lowest BCUT2D eigenvalue weighted by atomic mass is 10.1. The maximum Gasteiger partial charge on any atom is 0.340 e. The van der Waals surface area contributed by atoms with Crippen molar-refractivity contribution in [3.05, 3.63) is 68.7 Å². The summed E-state index contributed by atoms with van der Waals surface area (Å²) in [4.78, 5) is 25.8. The second-order valence-corrected chi connectivity index (χ2v) is 6.72. The summed E-state index contributed by atoms with van der Waals surface area (Å²) in [5.41, 5.74) is 3.47. The first-order valence-electron chi connectivity index (χ1n) is 7.70. The third kappa shape index (κ3) is 5.21. The van der Waals surface area contributed by atoms with Crippen molar-refractivity contribution in [1.29, 1.82) is 0 Å². The topological polar surface area (TPSA) is 46.6 Å². The van der Waals surface area contributed by atoms with Crippen molar-refractivity contribution in [2.75, 3.05) is 13.7 Å². The van der Waals surface area contributed by atoms with E-state index in [2.05, 4.69) is 6.07 Å². The van der Waals surface area contributed by atoms with Crippen LogP contribution in [0.4, 0.5) is 0 Å². The van der Waals surface area contributed by atoms with Crippen LogP contribution in [0.15, 0.2) is 36.4 Å². The highest BCUT2D eigenvalue weighted by molar-refractivity contribution is 6.35. The molecule has 0 heterocycles. The van der Waals surface area contributed by atoms with E-state index in [1.807, 2.05) is 26.0 Å². The van der Waals surface area contributed by atoms with E-state index < -0.39 is 5.97 Å². The number of amides is 1. The SMILES string of the molecule is Cc1ccc(CN(C)C(=O)COC(=O)c2cc(Cl)ccc2Cl)c(C)c1. The predicted octanol–water partition coefficient (Wildman–Crippen LogP) is 4.43. The van der Waals surface area contributed by atoms with Crippen LogP contribution in [0.2, 0.25) is 10.0 Å². The van der Waals surface area contributed by atoms with Crippen LogP contribution in [0, 0.1) is 13.8 Å². The first-order chi connectivity index (χ1) is 11.8. The summed E-state index contributed by atoms with van der Waals surface area (Å²) in [6, 6.07) is 10.6. The molecule has 2 aromatic rings. The second kappa shape index (κ2) is 8.37. The Kier molecular flexibility index (Phi) is 6.45. The molecule has 0 unspecified atom stereocenters. The van der Waals surface area contributed by atoms with Gasteiger partial charge in [-0.05, 0) is 43.2 Å². The van der Waals surface area contributed by atoms with E-state index in [4.69, 9.17) is 27.9 Å². The van der Waals surface area contributed by atoms with Crippen LogP contribution in [-0.4, -0.2) is 30.4 Å². The largest absolute Gasteiger partial charge is 0.452 e. The van der Waals surface area contributed by atoms with Gasteiger partial charge in [-0.25, -0.2) is 4.79 Å². The average Bonchev–Trinajstić information content (AvgIpc) is 2.56. The molecule has 132 valence electrons. The molecular formula is C19H19Cl2NO3. The number of hydrogen-bond donors (Lipinski definition) is 0. The monoisotopic (exact) mass is 379 g/mol. The molecule has 6 heteroatoms. The Balaban J connectivity index is 1.95. The number of nitrogens with zero attached hydrogens (tertiary/aromatic N) is 1. The molecule has 0 spiro atoms. The number of carbonyl (C=O) groups excluding carboxylic acids is 2. The van der Waals surface area contributed by atoms with Gasteiger partial charge in [0, 0.05) is 18.6 Å². The molecule has 0 radical (unpaired) electrons. The Morgan fingerprint density at radius 3 is 2.48 bits per heavy atom. The van der Waals surface area contributed by atoms with Crippen molar-refractivity contribution in [1.82, 2.24) is 4.90 Å². The Labute approximate surface area is 157 Å². The van der Waals surface area contributed by atoms with Gasteiger partial charge in [0.05, 0.1) is 10.6 Å². The number of aryl methyl sites for hydroxylation is 2. The summed E-state index contributed by atoms with van der Waals surface area (Å²) in [5.74, 6) is -0.979. The number of benzene rings is 2. The minimum absolute atomic E-state index is 0.138. The molecule has 2 rings (SSSR count). The van der Waals surface area contributed by atoms with E-state index in [9.17, 15) is 9.59 Å².